The molecule has 0 bridgehead atoms. The van der Waals surface area contributed by atoms with Crippen molar-refractivity contribution in [3.63, 3.8) is 0 Å². The van der Waals surface area contributed by atoms with Crippen LogP contribution >= 0.6 is 11.6 Å². The summed E-state index contributed by atoms with van der Waals surface area (Å²) < 4.78 is 17.2. The molecule has 194 valence electrons. The summed E-state index contributed by atoms with van der Waals surface area (Å²) in [4.78, 5) is 26.2. The van der Waals surface area contributed by atoms with Crippen LogP contribution in [-0.4, -0.2) is 43.1 Å². The van der Waals surface area contributed by atoms with Gasteiger partial charge in [-0.05, 0) is 59.4 Å². The molecule has 0 aromatic heterocycles. The van der Waals surface area contributed by atoms with Crippen LogP contribution in [-0.2, 0) is 6.42 Å². The molecule has 0 spiro atoms. The van der Waals surface area contributed by atoms with Crippen molar-refractivity contribution >= 4 is 23.2 Å². The lowest BCUT2D eigenvalue weighted by atomic mass is 9.91. The van der Waals surface area contributed by atoms with Gasteiger partial charge >= 0.3 is 0 Å². The lowest BCUT2D eigenvalue weighted by Gasteiger charge is -2.37. The van der Waals surface area contributed by atoms with Gasteiger partial charge in [-0.3, -0.25) is 14.9 Å². The highest BCUT2D eigenvalue weighted by atomic mass is 35.5. The Morgan fingerprint density at radius 1 is 1.08 bits per heavy atom. The van der Waals surface area contributed by atoms with Crippen molar-refractivity contribution in [3.8, 4) is 17.2 Å². The fraction of sp³-hybridized carbons (Fsp3) is 0.321. The van der Waals surface area contributed by atoms with Gasteiger partial charge in [-0.1, -0.05) is 37.6 Å². The standard InChI is InChI=1S/C28H29ClN2O6/c1-17(2)18-5-8-21(9-6-18)37-16-25-22-15-27(36-4)26(35-3)13-19(22)11-12-30(25)28(32)23-14-20(31(33)34)7-10-24(23)29/h5-10,13-15,17,25H,11-12,16H2,1-4H3. The highest BCUT2D eigenvalue weighted by Gasteiger charge is 2.34. The van der Waals surface area contributed by atoms with Crippen molar-refractivity contribution in [1.29, 1.82) is 0 Å². The highest BCUT2D eigenvalue weighted by Crippen LogP contribution is 2.39. The predicted molar refractivity (Wildman–Crippen MR) is 141 cm³/mol. The van der Waals surface area contributed by atoms with Gasteiger partial charge in [0.15, 0.2) is 11.5 Å². The lowest BCUT2D eigenvalue weighted by molar-refractivity contribution is -0.384. The zero-order chi connectivity index (χ0) is 26.7. The monoisotopic (exact) mass is 524 g/mol. The minimum atomic E-state index is -0.544. The van der Waals surface area contributed by atoms with Gasteiger partial charge in [0.1, 0.15) is 12.4 Å². The second-order valence-corrected chi connectivity index (χ2v) is 9.53. The van der Waals surface area contributed by atoms with E-state index in [1.165, 1.54) is 23.8 Å². The number of hydrogen-bond donors (Lipinski definition) is 0. The van der Waals surface area contributed by atoms with E-state index in [4.69, 9.17) is 25.8 Å². The topological polar surface area (TPSA) is 91.1 Å². The van der Waals surface area contributed by atoms with E-state index in [0.717, 1.165) is 11.1 Å². The third-order valence-corrected chi connectivity index (χ3v) is 6.94. The van der Waals surface area contributed by atoms with Gasteiger partial charge in [0.2, 0.25) is 0 Å². The first-order valence-electron chi connectivity index (χ1n) is 12.0. The van der Waals surface area contributed by atoms with Gasteiger partial charge in [0.05, 0.1) is 35.8 Å². The van der Waals surface area contributed by atoms with E-state index in [1.807, 2.05) is 36.4 Å². The lowest BCUT2D eigenvalue weighted by Crippen LogP contribution is -2.42. The van der Waals surface area contributed by atoms with E-state index in [1.54, 1.807) is 19.1 Å². The van der Waals surface area contributed by atoms with Crippen molar-refractivity contribution in [2.45, 2.75) is 32.2 Å². The largest absolute Gasteiger partial charge is 0.493 e. The Hall–Kier alpha value is -3.78. The number of carbonyl (C=O) groups is 1. The molecule has 1 heterocycles. The first kappa shape index (κ1) is 26.3. The predicted octanol–water partition coefficient (Wildman–Crippen LogP) is 6.21. The maximum atomic E-state index is 13.7. The number of nitro groups is 1. The Morgan fingerprint density at radius 2 is 1.76 bits per heavy atom. The Bertz CT molecular complexity index is 1310. The molecule has 0 fully saturated rings. The number of methoxy groups -OCH3 is 2. The molecule has 4 rings (SSSR count). The van der Waals surface area contributed by atoms with Crippen LogP contribution in [0.2, 0.25) is 5.02 Å². The highest BCUT2D eigenvalue weighted by molar-refractivity contribution is 6.34. The quantitative estimate of drug-likeness (QED) is 0.257. The van der Waals surface area contributed by atoms with Gasteiger partial charge < -0.3 is 19.1 Å². The Labute approximate surface area is 220 Å². The second-order valence-electron chi connectivity index (χ2n) is 9.13. The van der Waals surface area contributed by atoms with Gasteiger partial charge in [0.25, 0.3) is 11.6 Å². The summed E-state index contributed by atoms with van der Waals surface area (Å²) in [5.41, 5.74) is 2.94. The van der Waals surface area contributed by atoms with Gasteiger partial charge in [-0.25, -0.2) is 0 Å². The first-order chi connectivity index (χ1) is 17.7. The molecule has 0 radical (unpaired) electrons. The summed E-state index contributed by atoms with van der Waals surface area (Å²) in [6.45, 7) is 4.79. The molecule has 1 unspecified atom stereocenters. The minimum absolute atomic E-state index is 0.0751. The summed E-state index contributed by atoms with van der Waals surface area (Å²) in [6.07, 6.45) is 0.563. The Balaban J connectivity index is 1.72. The molecule has 0 N–H and O–H groups in total. The molecular formula is C28H29ClN2O6. The van der Waals surface area contributed by atoms with Crippen LogP contribution in [0.5, 0.6) is 17.2 Å². The molecule has 0 saturated carbocycles. The van der Waals surface area contributed by atoms with Crippen LogP contribution in [0.25, 0.3) is 0 Å². The van der Waals surface area contributed by atoms with E-state index < -0.39 is 16.9 Å². The Kier molecular flexibility index (Phi) is 7.88. The molecule has 37 heavy (non-hydrogen) atoms. The number of nitrogens with zero attached hydrogens (tertiary/aromatic N) is 2. The van der Waals surface area contributed by atoms with Crippen LogP contribution in [0, 0.1) is 10.1 Å². The van der Waals surface area contributed by atoms with Gasteiger partial charge in [-0.2, -0.15) is 0 Å². The number of amides is 1. The van der Waals surface area contributed by atoms with E-state index in [-0.39, 0.29) is 22.9 Å². The number of ether oxygens (including phenoxy) is 3. The Morgan fingerprint density at radius 3 is 2.38 bits per heavy atom. The fourth-order valence-corrected chi connectivity index (χ4v) is 4.72. The van der Waals surface area contributed by atoms with Crippen LogP contribution in [0.15, 0.2) is 54.6 Å². The number of fused-ring (bicyclic) bond motifs is 1. The van der Waals surface area contributed by atoms with E-state index in [9.17, 15) is 14.9 Å². The molecule has 0 saturated heterocycles. The summed E-state index contributed by atoms with van der Waals surface area (Å²) in [7, 11) is 3.13. The van der Waals surface area contributed by atoms with Crippen LogP contribution in [0.1, 0.15) is 52.9 Å². The molecule has 1 aliphatic rings. The van der Waals surface area contributed by atoms with Gasteiger partial charge in [-0.15, -0.1) is 0 Å². The zero-order valence-corrected chi connectivity index (χ0v) is 21.9. The number of carbonyl (C=O) groups excluding carboxylic acids is 1. The molecule has 3 aromatic carbocycles. The van der Waals surface area contributed by atoms with Crippen LogP contribution in [0.4, 0.5) is 5.69 Å². The third-order valence-electron chi connectivity index (χ3n) is 6.61. The first-order valence-corrected chi connectivity index (χ1v) is 12.3. The van der Waals surface area contributed by atoms with Crippen molar-refractivity contribution in [2.75, 3.05) is 27.4 Å². The maximum Gasteiger partial charge on any atom is 0.270 e. The molecule has 1 aliphatic heterocycles. The summed E-state index contributed by atoms with van der Waals surface area (Å²) in [5, 5.41) is 11.5. The molecule has 1 amide bonds. The SMILES string of the molecule is COc1cc2c(cc1OC)C(COc1ccc(C(C)C)cc1)N(C(=O)c1cc([N+](=O)[O-])ccc1Cl)CC2. The molecule has 1 atom stereocenters. The molecule has 0 aliphatic carbocycles. The zero-order valence-electron chi connectivity index (χ0n) is 21.2. The average molecular weight is 525 g/mol. The van der Waals surface area contributed by atoms with E-state index in [0.29, 0.717) is 36.1 Å². The maximum absolute atomic E-state index is 13.7. The molecule has 9 heteroatoms. The minimum Gasteiger partial charge on any atom is -0.493 e. The number of hydrogen-bond acceptors (Lipinski definition) is 6. The van der Waals surface area contributed by atoms with Crippen LogP contribution in [0.3, 0.4) is 0 Å². The number of non-ortho nitro benzene ring substituents is 1. The van der Waals surface area contributed by atoms with E-state index in [2.05, 4.69) is 13.8 Å². The van der Waals surface area contributed by atoms with Crippen molar-refractivity contribution in [1.82, 2.24) is 4.90 Å². The normalized spacial score (nSPS) is 14.8. The fourth-order valence-electron chi connectivity index (χ4n) is 4.52. The second kappa shape index (κ2) is 11.1. The molecular weight excluding hydrogens is 496 g/mol. The third kappa shape index (κ3) is 5.49. The summed E-state index contributed by atoms with van der Waals surface area (Å²) >= 11 is 6.33. The van der Waals surface area contributed by atoms with Crippen molar-refractivity contribution in [2.24, 2.45) is 0 Å². The van der Waals surface area contributed by atoms with E-state index >= 15 is 0 Å². The smallest absolute Gasteiger partial charge is 0.270 e. The molecule has 3 aromatic rings. The number of halogens is 1. The summed E-state index contributed by atoms with van der Waals surface area (Å²) in [5.74, 6) is 1.81. The number of benzene rings is 3. The number of nitro benzene ring substituents is 1. The van der Waals surface area contributed by atoms with Crippen LogP contribution < -0.4 is 14.2 Å². The average Bonchev–Trinajstić information content (AvgIpc) is 2.90. The number of rotatable bonds is 8. The van der Waals surface area contributed by atoms with Crippen molar-refractivity contribution in [3.05, 3.63) is 92.0 Å². The summed E-state index contributed by atoms with van der Waals surface area (Å²) in [6, 6.07) is 15.0. The molecule has 8 nitrogen and oxygen atoms in total. The van der Waals surface area contributed by atoms with Crippen molar-refractivity contribution < 1.29 is 23.9 Å². The van der Waals surface area contributed by atoms with Gasteiger partial charge in [0, 0.05) is 18.7 Å².